The van der Waals surface area contributed by atoms with E-state index < -0.39 is 60.9 Å². The summed E-state index contributed by atoms with van der Waals surface area (Å²) in [6.07, 6.45) is 0.299. The van der Waals surface area contributed by atoms with E-state index in [-0.39, 0.29) is 5.06 Å². The van der Waals surface area contributed by atoms with E-state index in [4.69, 9.17) is 4.55 Å². The summed E-state index contributed by atoms with van der Waals surface area (Å²) in [6.45, 7) is 0. The summed E-state index contributed by atoms with van der Waals surface area (Å²) in [5, 5.41) is -2.94. The van der Waals surface area contributed by atoms with Gasteiger partial charge in [-0.05, 0) is 0 Å². The lowest BCUT2D eigenvalue weighted by molar-refractivity contribution is -0.173. The molecule has 1 atom stereocenters. The second-order valence-electron chi connectivity index (χ2n) is 4.10. The first kappa shape index (κ1) is 17.2. The molecule has 0 saturated carbocycles. The number of hydroxylamine groups is 4. The van der Waals surface area contributed by atoms with Crippen molar-refractivity contribution < 1.29 is 49.1 Å². The molecule has 0 aromatic heterocycles. The van der Waals surface area contributed by atoms with Crippen LogP contribution >= 0.6 is 0 Å². The monoisotopic (exact) mass is 370 g/mol. The van der Waals surface area contributed by atoms with Crippen LogP contribution in [0, 0.1) is 0 Å². The number of carbonyl (C=O) groups is 4. The third-order valence-electron chi connectivity index (χ3n) is 2.52. The molecule has 15 heteroatoms. The van der Waals surface area contributed by atoms with Crippen LogP contribution in [0.1, 0.15) is 6.42 Å². The van der Waals surface area contributed by atoms with Crippen LogP contribution in [0.4, 0.5) is 0 Å². The van der Waals surface area contributed by atoms with Gasteiger partial charge in [-0.3, -0.25) is 23.7 Å². The summed E-state index contributed by atoms with van der Waals surface area (Å²) in [5.74, 6) is -5.42. The smallest absolute Gasteiger partial charge is 0.285 e. The van der Waals surface area contributed by atoms with Crippen molar-refractivity contribution in [2.24, 2.45) is 0 Å². The lowest BCUT2D eigenvalue weighted by Crippen LogP contribution is -2.40. The Kier molecular flexibility index (Phi) is 4.07. The maximum absolute atomic E-state index is 11.6. The number of hydrogen-bond acceptors (Lipinski definition) is 10. The molecule has 0 spiro atoms. The fourth-order valence-electron chi connectivity index (χ4n) is 1.55. The van der Waals surface area contributed by atoms with Crippen molar-refractivity contribution in [3.63, 3.8) is 0 Å². The molecule has 23 heavy (non-hydrogen) atoms. The van der Waals surface area contributed by atoms with Gasteiger partial charge in [-0.2, -0.15) is 16.8 Å². The molecule has 126 valence electrons. The molecule has 1 saturated heterocycles. The van der Waals surface area contributed by atoms with Gasteiger partial charge in [0.1, 0.15) is 0 Å². The predicted octanol–water partition coefficient (Wildman–Crippen LogP) is -2.97. The van der Waals surface area contributed by atoms with Gasteiger partial charge in [0.15, 0.2) is 5.25 Å². The quantitative estimate of drug-likeness (QED) is 0.385. The topological polar surface area (TPSA) is 182 Å². The zero-order valence-corrected chi connectivity index (χ0v) is 12.3. The van der Waals surface area contributed by atoms with Crippen LogP contribution in [0.3, 0.4) is 0 Å². The maximum atomic E-state index is 11.6. The third-order valence-corrected chi connectivity index (χ3v) is 4.27. The first-order valence-electron chi connectivity index (χ1n) is 5.46. The van der Waals surface area contributed by atoms with Crippen molar-refractivity contribution in [1.82, 2.24) is 10.1 Å². The van der Waals surface area contributed by atoms with Crippen molar-refractivity contribution in [2.75, 3.05) is 0 Å². The van der Waals surface area contributed by atoms with Crippen LogP contribution in [-0.4, -0.2) is 60.4 Å². The Bertz CT molecular complexity index is 821. The second kappa shape index (κ2) is 5.46. The lowest BCUT2D eigenvalue weighted by atomic mass is 10.4. The molecule has 2 aliphatic heterocycles. The van der Waals surface area contributed by atoms with Crippen molar-refractivity contribution in [3.8, 4) is 0 Å². The Morgan fingerprint density at radius 3 is 1.87 bits per heavy atom. The van der Waals surface area contributed by atoms with Crippen molar-refractivity contribution in [1.29, 1.82) is 0 Å². The molecule has 2 rings (SSSR count). The number of rotatable bonds is 5. The largest absolute Gasteiger partial charge is 0.443 e. The first-order valence-corrected chi connectivity index (χ1v) is 8.29. The number of hydrogen-bond donors (Lipinski definition) is 1. The number of carbonyl (C=O) groups excluding carboxylic acids is 4. The van der Waals surface area contributed by atoms with Crippen LogP contribution < -0.4 is 0 Å². The summed E-state index contributed by atoms with van der Waals surface area (Å²) < 4.78 is 61.4. The van der Waals surface area contributed by atoms with E-state index in [9.17, 15) is 36.0 Å². The molecular formula is C8H6N2O11S2. The average molecular weight is 370 g/mol. The van der Waals surface area contributed by atoms with Crippen LogP contribution in [0.2, 0.25) is 0 Å². The lowest BCUT2D eigenvalue weighted by Gasteiger charge is -2.15. The van der Waals surface area contributed by atoms with E-state index in [2.05, 4.69) is 8.57 Å². The SMILES string of the molecule is O=C1C=CC(=O)N1OS(=O)(=O)ON1C(=O)CC(S(=O)(=O)O)C1=O. The highest BCUT2D eigenvalue weighted by Gasteiger charge is 2.49. The molecule has 1 N–H and O–H groups in total. The number of imide groups is 2. The Morgan fingerprint density at radius 2 is 1.43 bits per heavy atom. The Morgan fingerprint density at radius 1 is 0.957 bits per heavy atom. The predicted molar refractivity (Wildman–Crippen MR) is 63.9 cm³/mol. The molecule has 0 aromatic carbocycles. The molecule has 1 unspecified atom stereocenters. The van der Waals surface area contributed by atoms with Gasteiger partial charge in [0.25, 0.3) is 33.7 Å². The molecule has 0 aliphatic carbocycles. The number of nitrogens with zero attached hydrogens (tertiary/aromatic N) is 2. The van der Waals surface area contributed by atoms with Gasteiger partial charge in [-0.25, -0.2) is 0 Å². The Hall–Kier alpha value is -2.20. The normalized spacial score (nSPS) is 22.6. The molecule has 0 aromatic rings. The molecule has 1 fully saturated rings. The van der Waals surface area contributed by atoms with E-state index >= 15 is 0 Å². The highest BCUT2D eigenvalue weighted by atomic mass is 32.3. The molecule has 2 heterocycles. The van der Waals surface area contributed by atoms with E-state index in [1.807, 2.05) is 0 Å². The van der Waals surface area contributed by atoms with Crippen molar-refractivity contribution in [2.45, 2.75) is 11.7 Å². The average Bonchev–Trinajstić information content (AvgIpc) is 2.85. The summed E-state index contributed by atoms with van der Waals surface area (Å²) in [5.41, 5.74) is 0. The fraction of sp³-hybridized carbons (Fsp3) is 0.250. The van der Waals surface area contributed by atoms with E-state index in [1.165, 1.54) is 0 Å². The molecule has 0 radical (unpaired) electrons. The fourth-order valence-corrected chi connectivity index (χ4v) is 2.95. The van der Waals surface area contributed by atoms with Gasteiger partial charge in [0, 0.05) is 12.2 Å². The summed E-state index contributed by atoms with van der Waals surface area (Å²) in [7, 11) is -10.3. The van der Waals surface area contributed by atoms with Crippen molar-refractivity contribution >= 4 is 44.1 Å². The molecule has 0 bridgehead atoms. The van der Waals surface area contributed by atoms with E-state index in [0.29, 0.717) is 12.2 Å². The highest BCUT2D eigenvalue weighted by molar-refractivity contribution is 7.87. The highest BCUT2D eigenvalue weighted by Crippen LogP contribution is 2.21. The second-order valence-corrected chi connectivity index (χ2v) is 6.81. The number of amides is 4. The zero-order valence-electron chi connectivity index (χ0n) is 10.7. The minimum absolute atomic E-state index is 0.235. The molecule has 2 aliphatic rings. The van der Waals surface area contributed by atoms with Gasteiger partial charge in [0.05, 0.1) is 6.42 Å². The first-order chi connectivity index (χ1) is 10.4. The van der Waals surface area contributed by atoms with E-state index in [1.54, 1.807) is 0 Å². The standard InChI is InChI=1S/C8H6N2O11S2/c11-5-1-2-6(12)9(5)20-23(18,19)21-10-7(13)3-4(8(10)14)22(15,16)17/h1-2,4H,3H2,(H,15,16,17). The van der Waals surface area contributed by atoms with Gasteiger partial charge < -0.3 is 0 Å². The third kappa shape index (κ3) is 3.42. The molecule has 4 amide bonds. The van der Waals surface area contributed by atoms with Crippen LogP contribution in [0.25, 0.3) is 0 Å². The zero-order chi connectivity index (χ0) is 17.6. The van der Waals surface area contributed by atoms with Gasteiger partial charge in [-0.15, -0.1) is 18.7 Å². The van der Waals surface area contributed by atoms with Crippen molar-refractivity contribution in [3.05, 3.63) is 12.2 Å². The Balaban J connectivity index is 2.15. The van der Waals surface area contributed by atoms with E-state index in [0.717, 1.165) is 0 Å². The van der Waals surface area contributed by atoms with Gasteiger partial charge in [-0.1, -0.05) is 0 Å². The van der Waals surface area contributed by atoms with Gasteiger partial charge in [0.2, 0.25) is 0 Å². The van der Waals surface area contributed by atoms with Crippen LogP contribution in [-0.2, 0) is 48.3 Å². The van der Waals surface area contributed by atoms with Crippen LogP contribution in [0.5, 0.6) is 0 Å². The van der Waals surface area contributed by atoms with Crippen LogP contribution in [0.15, 0.2) is 12.2 Å². The minimum Gasteiger partial charge on any atom is -0.285 e. The summed E-state index contributed by atoms with van der Waals surface area (Å²) >= 11 is 0. The van der Waals surface area contributed by atoms with Gasteiger partial charge >= 0.3 is 10.4 Å². The Labute approximate surface area is 128 Å². The molecule has 13 nitrogen and oxygen atoms in total. The molecular weight excluding hydrogens is 364 g/mol. The summed E-state index contributed by atoms with van der Waals surface area (Å²) in [4.78, 5) is 45.2. The minimum atomic E-state index is -5.30. The maximum Gasteiger partial charge on any atom is 0.443 e. The summed E-state index contributed by atoms with van der Waals surface area (Å²) in [6, 6.07) is 0.